The topological polar surface area (TPSA) is 85.2 Å². The maximum Gasteiger partial charge on any atom is 0.343 e. The summed E-state index contributed by atoms with van der Waals surface area (Å²) in [7, 11) is 0. The highest BCUT2D eigenvalue weighted by Crippen LogP contribution is 2.25. The first kappa shape index (κ1) is 17.7. The first-order valence-corrected chi connectivity index (χ1v) is 7.97. The van der Waals surface area contributed by atoms with Crippen LogP contribution >= 0.6 is 0 Å². The van der Waals surface area contributed by atoms with Gasteiger partial charge < -0.3 is 14.6 Å². The molecular weight excluding hydrogens is 310 g/mol. The Morgan fingerprint density at radius 3 is 2.46 bits per heavy atom. The van der Waals surface area contributed by atoms with E-state index < -0.39 is 18.0 Å². The zero-order chi connectivity index (χ0) is 17.5. The lowest BCUT2D eigenvalue weighted by Crippen LogP contribution is -2.19. The zero-order valence-corrected chi connectivity index (χ0v) is 13.8. The van der Waals surface area contributed by atoms with E-state index in [0.29, 0.717) is 24.1 Å². The van der Waals surface area contributed by atoms with Gasteiger partial charge in [0.05, 0.1) is 18.9 Å². The van der Waals surface area contributed by atoms with Gasteiger partial charge >= 0.3 is 11.9 Å². The quantitative estimate of drug-likeness (QED) is 0.492. The molecule has 1 atom stereocenters. The molecule has 128 valence electrons. The fourth-order valence-corrected chi connectivity index (χ4v) is 2.48. The standard InChI is InChI=1S/C18H21NO5/c1-3-23-17(21)14-11-10-13(19-14)15(18(22)24-4-2)16(20)12-8-6-5-7-9-12/h5-9,14,20H,3-4,10-11H2,1-2H3/b16-15-/t14-/m0/s1. The summed E-state index contributed by atoms with van der Waals surface area (Å²) in [4.78, 5) is 28.4. The van der Waals surface area contributed by atoms with Gasteiger partial charge in [0, 0.05) is 5.56 Å². The molecule has 0 aliphatic carbocycles. The van der Waals surface area contributed by atoms with E-state index in [4.69, 9.17) is 9.47 Å². The summed E-state index contributed by atoms with van der Waals surface area (Å²) in [6.45, 7) is 3.87. The third kappa shape index (κ3) is 4.01. The van der Waals surface area contributed by atoms with Gasteiger partial charge in [0.2, 0.25) is 0 Å². The van der Waals surface area contributed by atoms with E-state index in [-0.39, 0.29) is 24.5 Å². The molecule has 0 radical (unpaired) electrons. The van der Waals surface area contributed by atoms with Crippen LogP contribution in [0.3, 0.4) is 0 Å². The molecule has 0 aromatic heterocycles. The van der Waals surface area contributed by atoms with E-state index in [1.807, 2.05) is 6.07 Å². The lowest BCUT2D eigenvalue weighted by molar-refractivity contribution is -0.144. The van der Waals surface area contributed by atoms with Gasteiger partial charge in [-0.2, -0.15) is 0 Å². The molecular formula is C18H21NO5. The van der Waals surface area contributed by atoms with Crippen molar-refractivity contribution in [2.24, 2.45) is 4.99 Å². The summed E-state index contributed by atoms with van der Waals surface area (Å²) in [5.41, 5.74) is 0.866. The molecule has 1 heterocycles. The smallest absolute Gasteiger partial charge is 0.343 e. The Kier molecular flexibility index (Phi) is 6.12. The SMILES string of the molecule is CCOC(=O)/C(C1=N[C@H](C(=O)OCC)CC1)=C(\O)c1ccccc1. The van der Waals surface area contributed by atoms with Gasteiger partial charge in [-0.05, 0) is 26.7 Å². The molecule has 0 saturated heterocycles. The van der Waals surface area contributed by atoms with Crippen LogP contribution in [0.1, 0.15) is 32.3 Å². The highest BCUT2D eigenvalue weighted by atomic mass is 16.5. The van der Waals surface area contributed by atoms with Crippen LogP contribution in [-0.2, 0) is 19.1 Å². The second-order valence-corrected chi connectivity index (χ2v) is 5.19. The summed E-state index contributed by atoms with van der Waals surface area (Å²) in [6.07, 6.45) is 0.841. The Hall–Kier alpha value is -2.63. The summed E-state index contributed by atoms with van der Waals surface area (Å²) in [5, 5.41) is 10.5. The van der Waals surface area contributed by atoms with Crippen LogP contribution in [0.5, 0.6) is 0 Å². The van der Waals surface area contributed by atoms with Crippen molar-refractivity contribution in [1.82, 2.24) is 0 Å². The Morgan fingerprint density at radius 2 is 1.83 bits per heavy atom. The Labute approximate surface area is 140 Å². The number of carbonyl (C=O) groups is 2. The third-order valence-corrected chi connectivity index (χ3v) is 3.58. The molecule has 0 amide bonds. The van der Waals surface area contributed by atoms with E-state index in [2.05, 4.69) is 4.99 Å². The number of nitrogens with zero attached hydrogens (tertiary/aromatic N) is 1. The van der Waals surface area contributed by atoms with Crippen LogP contribution < -0.4 is 0 Å². The zero-order valence-electron chi connectivity index (χ0n) is 13.8. The van der Waals surface area contributed by atoms with Gasteiger partial charge in [-0.1, -0.05) is 30.3 Å². The minimum atomic E-state index is -0.651. The number of benzene rings is 1. The van der Waals surface area contributed by atoms with Gasteiger partial charge in [0.15, 0.2) is 0 Å². The summed E-state index contributed by atoms with van der Waals surface area (Å²) >= 11 is 0. The van der Waals surface area contributed by atoms with Crippen LogP contribution in [0.25, 0.3) is 5.76 Å². The highest BCUT2D eigenvalue weighted by molar-refractivity contribution is 6.25. The largest absolute Gasteiger partial charge is 0.506 e. The van der Waals surface area contributed by atoms with Crippen molar-refractivity contribution in [3.8, 4) is 0 Å². The molecule has 0 spiro atoms. The summed E-state index contributed by atoms with van der Waals surface area (Å²) < 4.78 is 10.0. The molecule has 24 heavy (non-hydrogen) atoms. The fourth-order valence-electron chi connectivity index (χ4n) is 2.48. The van der Waals surface area contributed by atoms with Crippen molar-refractivity contribution in [2.75, 3.05) is 13.2 Å². The Balaban J connectivity index is 2.39. The van der Waals surface area contributed by atoms with Crippen LogP contribution in [-0.4, -0.2) is 42.0 Å². The van der Waals surface area contributed by atoms with Gasteiger partial charge in [0.1, 0.15) is 17.4 Å². The second kappa shape index (κ2) is 8.29. The molecule has 1 aromatic rings. The number of aliphatic hydroxyl groups excluding tert-OH is 1. The summed E-state index contributed by atoms with van der Waals surface area (Å²) in [6, 6.07) is 8.05. The van der Waals surface area contributed by atoms with Crippen molar-refractivity contribution in [3.05, 3.63) is 41.5 Å². The predicted molar refractivity (Wildman–Crippen MR) is 89.7 cm³/mol. The maximum atomic E-state index is 12.3. The number of hydrogen-bond acceptors (Lipinski definition) is 6. The van der Waals surface area contributed by atoms with E-state index in [1.54, 1.807) is 38.1 Å². The van der Waals surface area contributed by atoms with E-state index in [9.17, 15) is 14.7 Å². The first-order chi connectivity index (χ1) is 11.6. The Bertz CT molecular complexity index is 663. The molecule has 1 aliphatic rings. The van der Waals surface area contributed by atoms with Crippen LogP contribution in [0.2, 0.25) is 0 Å². The Morgan fingerprint density at radius 1 is 1.17 bits per heavy atom. The number of rotatable bonds is 6. The third-order valence-electron chi connectivity index (χ3n) is 3.58. The van der Waals surface area contributed by atoms with Crippen molar-refractivity contribution >= 4 is 23.4 Å². The molecule has 0 unspecified atom stereocenters. The number of carbonyl (C=O) groups excluding carboxylic acids is 2. The number of esters is 2. The average Bonchev–Trinajstić information content (AvgIpc) is 3.06. The van der Waals surface area contributed by atoms with Gasteiger partial charge in [-0.25, -0.2) is 9.59 Å². The molecule has 1 aromatic carbocycles. The summed E-state index contributed by atoms with van der Waals surface area (Å²) in [5.74, 6) is -1.27. The second-order valence-electron chi connectivity index (χ2n) is 5.19. The van der Waals surface area contributed by atoms with Crippen LogP contribution in [0.4, 0.5) is 0 Å². The highest BCUT2D eigenvalue weighted by Gasteiger charge is 2.32. The fraction of sp³-hybridized carbons (Fsp3) is 0.389. The van der Waals surface area contributed by atoms with E-state index in [0.717, 1.165) is 0 Å². The van der Waals surface area contributed by atoms with Gasteiger partial charge in [-0.3, -0.25) is 4.99 Å². The number of aliphatic imine (C=N–C) groups is 1. The number of hydrogen-bond donors (Lipinski definition) is 1. The van der Waals surface area contributed by atoms with E-state index in [1.165, 1.54) is 0 Å². The van der Waals surface area contributed by atoms with Crippen LogP contribution in [0.15, 0.2) is 40.9 Å². The molecule has 0 bridgehead atoms. The molecule has 0 fully saturated rings. The van der Waals surface area contributed by atoms with Gasteiger partial charge in [-0.15, -0.1) is 0 Å². The lowest BCUT2D eigenvalue weighted by Gasteiger charge is -2.10. The van der Waals surface area contributed by atoms with Crippen LogP contribution in [0, 0.1) is 0 Å². The average molecular weight is 331 g/mol. The molecule has 0 saturated carbocycles. The van der Waals surface area contributed by atoms with Crippen molar-refractivity contribution in [1.29, 1.82) is 0 Å². The van der Waals surface area contributed by atoms with E-state index >= 15 is 0 Å². The monoisotopic (exact) mass is 331 g/mol. The van der Waals surface area contributed by atoms with Gasteiger partial charge in [0.25, 0.3) is 0 Å². The number of aliphatic hydroxyl groups is 1. The molecule has 6 heteroatoms. The van der Waals surface area contributed by atoms with Crippen molar-refractivity contribution in [3.63, 3.8) is 0 Å². The normalized spacial score (nSPS) is 17.8. The maximum absolute atomic E-state index is 12.3. The van der Waals surface area contributed by atoms with Crippen molar-refractivity contribution in [2.45, 2.75) is 32.7 Å². The number of ether oxygens (including phenoxy) is 2. The molecule has 1 N–H and O–H groups in total. The lowest BCUT2D eigenvalue weighted by atomic mass is 10.0. The van der Waals surface area contributed by atoms with Crippen molar-refractivity contribution < 1.29 is 24.2 Å². The molecule has 1 aliphatic heterocycles. The minimum Gasteiger partial charge on any atom is -0.506 e. The minimum absolute atomic E-state index is 0.00912. The predicted octanol–water partition coefficient (Wildman–Crippen LogP) is 2.69. The molecule has 6 nitrogen and oxygen atoms in total. The first-order valence-electron chi connectivity index (χ1n) is 7.97. The molecule has 2 rings (SSSR count).